The normalized spacial score (nSPS) is 20.4. The van der Waals surface area contributed by atoms with Gasteiger partial charge in [0.25, 0.3) is 5.91 Å². The summed E-state index contributed by atoms with van der Waals surface area (Å²) in [6.07, 6.45) is 2.76. The third-order valence-corrected chi connectivity index (χ3v) is 4.13. The standard InChI is InChI=1S/C17H25N3O4/c1-12(2)10-24-14-13(6-4-8-19-14)15(21)20-9-5-7-17(20,11-23-3)16(18)22/h4,6,8,12H,5,7,9-11H2,1-3H3,(H2,18,22). The third-order valence-electron chi connectivity index (χ3n) is 4.13. The number of methoxy groups -OCH3 is 1. The van der Waals surface area contributed by atoms with E-state index in [0.29, 0.717) is 37.5 Å². The molecule has 1 aromatic rings. The molecule has 2 amide bonds. The van der Waals surface area contributed by atoms with Crippen molar-refractivity contribution in [2.24, 2.45) is 11.7 Å². The van der Waals surface area contributed by atoms with E-state index in [0.717, 1.165) is 0 Å². The van der Waals surface area contributed by atoms with Crippen LogP contribution in [0.25, 0.3) is 0 Å². The highest BCUT2D eigenvalue weighted by atomic mass is 16.5. The van der Waals surface area contributed by atoms with Gasteiger partial charge in [-0.2, -0.15) is 0 Å². The molecule has 1 saturated heterocycles. The lowest BCUT2D eigenvalue weighted by Gasteiger charge is -2.35. The minimum absolute atomic E-state index is 0.0799. The van der Waals surface area contributed by atoms with Crippen LogP contribution in [0.5, 0.6) is 5.88 Å². The Kier molecular flexibility index (Phi) is 5.77. The molecule has 7 heteroatoms. The van der Waals surface area contributed by atoms with Gasteiger partial charge in [0.05, 0.1) is 13.2 Å². The molecule has 1 aliphatic heterocycles. The van der Waals surface area contributed by atoms with E-state index in [9.17, 15) is 9.59 Å². The summed E-state index contributed by atoms with van der Waals surface area (Å²) in [4.78, 5) is 30.8. The van der Waals surface area contributed by atoms with Gasteiger partial charge in [0.15, 0.2) is 0 Å². The molecule has 2 rings (SSSR count). The molecule has 1 aromatic heterocycles. The second-order valence-corrected chi connectivity index (χ2v) is 6.45. The molecule has 1 unspecified atom stereocenters. The first-order valence-corrected chi connectivity index (χ1v) is 8.11. The Hall–Kier alpha value is -2.15. The van der Waals surface area contributed by atoms with Crippen molar-refractivity contribution in [2.75, 3.05) is 26.9 Å². The first-order valence-electron chi connectivity index (χ1n) is 8.11. The number of nitrogens with zero attached hydrogens (tertiary/aromatic N) is 2. The molecular weight excluding hydrogens is 310 g/mol. The number of carbonyl (C=O) groups is 2. The van der Waals surface area contributed by atoms with Crippen LogP contribution in [0, 0.1) is 5.92 Å². The third kappa shape index (κ3) is 3.51. The molecule has 132 valence electrons. The minimum Gasteiger partial charge on any atom is -0.477 e. The first-order chi connectivity index (χ1) is 11.4. The maximum atomic E-state index is 13.0. The van der Waals surface area contributed by atoms with E-state index in [1.54, 1.807) is 18.3 Å². The number of ether oxygens (including phenoxy) is 2. The van der Waals surface area contributed by atoms with Gasteiger partial charge < -0.3 is 20.1 Å². The number of likely N-dealkylation sites (tertiary alicyclic amines) is 1. The molecule has 2 N–H and O–H groups in total. The Balaban J connectivity index is 2.32. The Morgan fingerprint density at radius 3 is 2.83 bits per heavy atom. The summed E-state index contributed by atoms with van der Waals surface area (Å²) in [7, 11) is 1.49. The molecule has 7 nitrogen and oxygen atoms in total. The van der Waals surface area contributed by atoms with Crippen molar-refractivity contribution in [1.29, 1.82) is 0 Å². The molecule has 1 atom stereocenters. The number of hydrogen-bond donors (Lipinski definition) is 1. The van der Waals surface area contributed by atoms with Gasteiger partial charge in [0.2, 0.25) is 11.8 Å². The summed E-state index contributed by atoms with van der Waals surface area (Å²) in [6.45, 7) is 5.01. The Morgan fingerprint density at radius 2 is 2.21 bits per heavy atom. The van der Waals surface area contributed by atoms with Gasteiger partial charge in [-0.1, -0.05) is 13.8 Å². The second-order valence-electron chi connectivity index (χ2n) is 6.45. The van der Waals surface area contributed by atoms with Crippen LogP contribution in [0.1, 0.15) is 37.0 Å². The van der Waals surface area contributed by atoms with Gasteiger partial charge in [0.1, 0.15) is 11.1 Å². The van der Waals surface area contributed by atoms with Crippen LogP contribution in [0.3, 0.4) is 0 Å². The highest BCUT2D eigenvalue weighted by molar-refractivity contribution is 6.00. The van der Waals surface area contributed by atoms with Crippen molar-refractivity contribution >= 4 is 11.8 Å². The van der Waals surface area contributed by atoms with Gasteiger partial charge in [-0.3, -0.25) is 9.59 Å². The van der Waals surface area contributed by atoms with Crippen LogP contribution < -0.4 is 10.5 Å². The summed E-state index contributed by atoms with van der Waals surface area (Å²) in [5, 5.41) is 0. The Morgan fingerprint density at radius 1 is 1.46 bits per heavy atom. The smallest absolute Gasteiger partial charge is 0.260 e. The van der Waals surface area contributed by atoms with Crippen molar-refractivity contribution in [3.05, 3.63) is 23.9 Å². The summed E-state index contributed by atoms with van der Waals surface area (Å²) in [6, 6.07) is 3.33. The van der Waals surface area contributed by atoms with Crippen molar-refractivity contribution < 1.29 is 19.1 Å². The van der Waals surface area contributed by atoms with E-state index >= 15 is 0 Å². The zero-order valence-corrected chi connectivity index (χ0v) is 14.4. The van der Waals surface area contributed by atoms with Gasteiger partial charge in [-0.15, -0.1) is 0 Å². The SMILES string of the molecule is COCC1(C(N)=O)CCCN1C(=O)c1cccnc1OCC(C)C. The predicted molar refractivity (Wildman–Crippen MR) is 88.6 cm³/mol. The molecule has 2 heterocycles. The maximum absolute atomic E-state index is 13.0. The van der Waals surface area contributed by atoms with E-state index in [1.165, 1.54) is 12.0 Å². The zero-order valence-electron chi connectivity index (χ0n) is 14.4. The van der Waals surface area contributed by atoms with Crippen molar-refractivity contribution in [3.63, 3.8) is 0 Å². The van der Waals surface area contributed by atoms with Crippen LogP contribution >= 0.6 is 0 Å². The number of carbonyl (C=O) groups excluding carboxylic acids is 2. The van der Waals surface area contributed by atoms with Gasteiger partial charge in [-0.05, 0) is 30.9 Å². The zero-order chi connectivity index (χ0) is 17.7. The van der Waals surface area contributed by atoms with Crippen LogP contribution in [-0.2, 0) is 9.53 Å². The van der Waals surface area contributed by atoms with E-state index in [4.69, 9.17) is 15.2 Å². The number of nitrogens with two attached hydrogens (primary N) is 1. The van der Waals surface area contributed by atoms with Crippen LogP contribution in [-0.4, -0.2) is 54.1 Å². The van der Waals surface area contributed by atoms with Gasteiger partial charge in [0, 0.05) is 19.9 Å². The van der Waals surface area contributed by atoms with Crippen molar-refractivity contribution in [3.8, 4) is 5.88 Å². The van der Waals surface area contributed by atoms with Crippen LogP contribution in [0.15, 0.2) is 18.3 Å². The molecule has 0 saturated carbocycles. The number of primary amides is 1. The first kappa shape index (κ1) is 18.2. The highest BCUT2D eigenvalue weighted by Crippen LogP contribution is 2.32. The lowest BCUT2D eigenvalue weighted by molar-refractivity contribution is -0.130. The van der Waals surface area contributed by atoms with E-state index < -0.39 is 11.4 Å². The lowest BCUT2D eigenvalue weighted by atomic mass is 9.95. The van der Waals surface area contributed by atoms with Gasteiger partial charge >= 0.3 is 0 Å². The maximum Gasteiger partial charge on any atom is 0.260 e. The van der Waals surface area contributed by atoms with Crippen LogP contribution in [0.2, 0.25) is 0 Å². The summed E-state index contributed by atoms with van der Waals surface area (Å²) in [5.41, 5.74) is 4.82. The summed E-state index contributed by atoms with van der Waals surface area (Å²) < 4.78 is 10.8. The number of hydrogen-bond acceptors (Lipinski definition) is 5. The molecule has 0 bridgehead atoms. The van der Waals surface area contributed by atoms with E-state index in [1.807, 2.05) is 13.8 Å². The van der Waals surface area contributed by atoms with E-state index in [-0.39, 0.29) is 18.4 Å². The topological polar surface area (TPSA) is 94.8 Å². The highest BCUT2D eigenvalue weighted by Gasteiger charge is 2.49. The average Bonchev–Trinajstić information content (AvgIpc) is 2.98. The quantitative estimate of drug-likeness (QED) is 0.808. The molecule has 0 aliphatic carbocycles. The average molecular weight is 335 g/mol. The fraction of sp³-hybridized carbons (Fsp3) is 0.588. The molecular formula is C17H25N3O4. The molecule has 24 heavy (non-hydrogen) atoms. The summed E-state index contributed by atoms with van der Waals surface area (Å²) >= 11 is 0. The fourth-order valence-corrected chi connectivity index (χ4v) is 2.95. The lowest BCUT2D eigenvalue weighted by Crippen LogP contribution is -2.58. The number of rotatable bonds is 7. The van der Waals surface area contributed by atoms with Crippen molar-refractivity contribution in [2.45, 2.75) is 32.2 Å². The molecule has 0 spiro atoms. The number of amides is 2. The van der Waals surface area contributed by atoms with Crippen LogP contribution in [0.4, 0.5) is 0 Å². The molecule has 1 aliphatic rings. The monoisotopic (exact) mass is 335 g/mol. The van der Waals surface area contributed by atoms with E-state index in [2.05, 4.69) is 4.98 Å². The number of aromatic nitrogens is 1. The van der Waals surface area contributed by atoms with Crippen molar-refractivity contribution in [1.82, 2.24) is 9.88 Å². The molecule has 0 radical (unpaired) electrons. The molecule has 1 fully saturated rings. The Labute approximate surface area is 142 Å². The summed E-state index contributed by atoms with van der Waals surface area (Å²) in [5.74, 6) is -0.280. The van der Waals surface area contributed by atoms with Gasteiger partial charge in [-0.25, -0.2) is 4.98 Å². The minimum atomic E-state index is -1.11. The second kappa shape index (κ2) is 7.61. The fourth-order valence-electron chi connectivity index (χ4n) is 2.95. The molecule has 0 aromatic carbocycles. The predicted octanol–water partition coefficient (Wildman–Crippen LogP) is 1.22. The largest absolute Gasteiger partial charge is 0.477 e. The number of pyridine rings is 1. The Bertz CT molecular complexity index is 605.